The first-order chi connectivity index (χ1) is 13.4. The molecule has 3 rings (SSSR count). The molecule has 0 radical (unpaired) electrons. The van der Waals surface area contributed by atoms with E-state index in [-0.39, 0.29) is 11.4 Å². The maximum Gasteiger partial charge on any atom is 0.319 e. The smallest absolute Gasteiger partial charge is 0.319 e. The van der Waals surface area contributed by atoms with Gasteiger partial charge in [-0.1, -0.05) is 32.9 Å². The fourth-order valence-corrected chi connectivity index (χ4v) is 3.19. The Bertz CT molecular complexity index is 778. The van der Waals surface area contributed by atoms with Gasteiger partial charge in [0.2, 0.25) is 0 Å². The summed E-state index contributed by atoms with van der Waals surface area (Å²) in [5, 5.41) is 17.1. The molecular formula is C21H30N6O. The monoisotopic (exact) mass is 382 g/mol. The van der Waals surface area contributed by atoms with Crippen molar-refractivity contribution in [3.8, 4) is 0 Å². The van der Waals surface area contributed by atoms with Crippen LogP contribution in [0.2, 0.25) is 0 Å². The number of rotatable bonds is 6. The molecular weight excluding hydrogens is 352 g/mol. The van der Waals surface area contributed by atoms with E-state index in [1.807, 2.05) is 30.3 Å². The van der Waals surface area contributed by atoms with Gasteiger partial charge >= 0.3 is 6.03 Å². The average molecular weight is 383 g/mol. The number of anilines is 3. The number of benzene rings is 1. The van der Waals surface area contributed by atoms with Crippen molar-refractivity contribution in [2.45, 2.75) is 39.0 Å². The largest absolute Gasteiger partial charge is 0.370 e. The summed E-state index contributed by atoms with van der Waals surface area (Å²) in [6.45, 7) is 9.71. The predicted octanol–water partition coefficient (Wildman–Crippen LogP) is 3.61. The molecule has 2 amide bonds. The van der Waals surface area contributed by atoms with Crippen molar-refractivity contribution in [3.05, 3.63) is 42.1 Å². The maximum atomic E-state index is 12.0. The lowest BCUT2D eigenvalue weighted by Crippen LogP contribution is -2.32. The zero-order chi connectivity index (χ0) is 20.0. The van der Waals surface area contributed by atoms with Crippen LogP contribution in [0.5, 0.6) is 0 Å². The third-order valence-corrected chi connectivity index (χ3v) is 4.84. The number of amides is 2. The van der Waals surface area contributed by atoms with Crippen LogP contribution in [-0.4, -0.2) is 42.4 Å². The van der Waals surface area contributed by atoms with Crippen molar-refractivity contribution in [1.29, 1.82) is 0 Å². The van der Waals surface area contributed by atoms with E-state index < -0.39 is 0 Å². The van der Waals surface area contributed by atoms with Crippen LogP contribution in [0.3, 0.4) is 0 Å². The van der Waals surface area contributed by atoms with Crippen LogP contribution in [0.25, 0.3) is 0 Å². The van der Waals surface area contributed by atoms with Crippen LogP contribution in [0.15, 0.2) is 36.5 Å². The summed E-state index contributed by atoms with van der Waals surface area (Å²) in [6, 6.07) is 9.74. The van der Waals surface area contributed by atoms with Gasteiger partial charge in [-0.2, -0.15) is 5.10 Å². The highest BCUT2D eigenvalue weighted by Crippen LogP contribution is 2.23. The molecule has 0 unspecified atom stereocenters. The van der Waals surface area contributed by atoms with Crippen molar-refractivity contribution in [3.63, 3.8) is 0 Å². The van der Waals surface area contributed by atoms with Gasteiger partial charge in [-0.25, -0.2) is 4.79 Å². The molecule has 3 N–H and O–H groups in total. The minimum atomic E-state index is -0.220. The van der Waals surface area contributed by atoms with Crippen molar-refractivity contribution in [1.82, 2.24) is 15.5 Å². The molecule has 0 atom stereocenters. The van der Waals surface area contributed by atoms with Gasteiger partial charge in [-0.3, -0.25) is 0 Å². The summed E-state index contributed by atoms with van der Waals surface area (Å²) >= 11 is 0. The summed E-state index contributed by atoms with van der Waals surface area (Å²) in [5.74, 6) is 0.726. The van der Waals surface area contributed by atoms with E-state index >= 15 is 0 Å². The van der Waals surface area contributed by atoms with Gasteiger partial charge in [0.05, 0.1) is 11.9 Å². The first-order valence-electron chi connectivity index (χ1n) is 9.89. The Labute approximate surface area is 166 Å². The number of nitrogens with one attached hydrogen (secondary N) is 3. The lowest BCUT2D eigenvalue weighted by atomic mass is 9.87. The molecule has 0 bridgehead atoms. The minimum absolute atomic E-state index is 0.0986. The molecule has 0 spiro atoms. The third kappa shape index (κ3) is 5.58. The fourth-order valence-electron chi connectivity index (χ4n) is 3.19. The molecule has 1 aromatic heterocycles. The summed E-state index contributed by atoms with van der Waals surface area (Å²) in [6.07, 6.45) is 4.25. The first kappa shape index (κ1) is 19.9. The van der Waals surface area contributed by atoms with Crippen LogP contribution in [0.1, 0.15) is 39.2 Å². The van der Waals surface area contributed by atoms with Crippen molar-refractivity contribution in [2.75, 3.05) is 41.7 Å². The first-order valence-corrected chi connectivity index (χ1v) is 9.89. The third-order valence-electron chi connectivity index (χ3n) is 4.84. The van der Waals surface area contributed by atoms with Crippen LogP contribution in [-0.2, 0) is 5.41 Å². The van der Waals surface area contributed by atoms with E-state index in [9.17, 15) is 4.79 Å². The zero-order valence-corrected chi connectivity index (χ0v) is 17.0. The van der Waals surface area contributed by atoms with Gasteiger partial charge in [-0.05, 0) is 36.0 Å². The number of aromatic nitrogens is 2. The molecule has 7 nitrogen and oxygen atoms in total. The number of carbonyl (C=O) groups excluding carboxylic acids is 1. The quantitative estimate of drug-likeness (QED) is 0.665. The van der Waals surface area contributed by atoms with Crippen molar-refractivity contribution < 1.29 is 4.79 Å². The maximum absolute atomic E-state index is 12.0. The van der Waals surface area contributed by atoms with E-state index in [0.29, 0.717) is 13.1 Å². The summed E-state index contributed by atoms with van der Waals surface area (Å²) in [7, 11) is 0. The molecule has 1 aromatic carbocycles. The Morgan fingerprint density at radius 1 is 1.11 bits per heavy atom. The topological polar surface area (TPSA) is 82.2 Å². The highest BCUT2D eigenvalue weighted by atomic mass is 16.2. The molecule has 1 fully saturated rings. The van der Waals surface area contributed by atoms with E-state index in [2.05, 4.69) is 51.8 Å². The van der Waals surface area contributed by atoms with Crippen LogP contribution in [0, 0.1) is 0 Å². The van der Waals surface area contributed by atoms with Gasteiger partial charge in [0.1, 0.15) is 0 Å². The Morgan fingerprint density at radius 3 is 2.50 bits per heavy atom. The van der Waals surface area contributed by atoms with E-state index in [1.54, 1.807) is 6.20 Å². The second-order valence-corrected chi connectivity index (χ2v) is 8.13. The number of carbonyl (C=O) groups is 1. The SMILES string of the molecule is CC(C)(C)c1ccc(NC(=O)NCCNc2cc(N3CCCC3)cnn2)cc1. The van der Waals surface area contributed by atoms with Gasteiger partial charge in [-0.15, -0.1) is 5.10 Å². The lowest BCUT2D eigenvalue weighted by Gasteiger charge is -2.19. The Kier molecular flexibility index (Phi) is 6.34. The molecule has 1 aliphatic heterocycles. The van der Waals surface area contributed by atoms with Crippen molar-refractivity contribution >= 4 is 23.2 Å². The van der Waals surface area contributed by atoms with Gasteiger partial charge in [0, 0.05) is 37.9 Å². The Morgan fingerprint density at radius 2 is 1.82 bits per heavy atom. The normalized spacial score (nSPS) is 14.0. The molecule has 0 aliphatic carbocycles. The number of nitrogens with zero attached hydrogens (tertiary/aromatic N) is 3. The second kappa shape index (κ2) is 8.91. The molecule has 1 aliphatic rings. The van der Waals surface area contributed by atoms with E-state index in [0.717, 1.165) is 30.3 Å². The minimum Gasteiger partial charge on any atom is -0.370 e. The molecule has 28 heavy (non-hydrogen) atoms. The number of hydrogen-bond acceptors (Lipinski definition) is 5. The van der Waals surface area contributed by atoms with Crippen LogP contribution >= 0.6 is 0 Å². The zero-order valence-electron chi connectivity index (χ0n) is 17.0. The van der Waals surface area contributed by atoms with Crippen LogP contribution in [0.4, 0.5) is 22.0 Å². The average Bonchev–Trinajstić information content (AvgIpc) is 3.20. The number of urea groups is 1. The lowest BCUT2D eigenvalue weighted by molar-refractivity contribution is 0.252. The predicted molar refractivity (Wildman–Crippen MR) is 114 cm³/mol. The summed E-state index contributed by atoms with van der Waals surface area (Å²) in [4.78, 5) is 14.4. The molecule has 2 aromatic rings. The molecule has 7 heteroatoms. The molecule has 150 valence electrons. The van der Waals surface area contributed by atoms with Gasteiger partial charge < -0.3 is 20.9 Å². The number of hydrogen-bond donors (Lipinski definition) is 3. The fraction of sp³-hybridized carbons (Fsp3) is 0.476. The Hall–Kier alpha value is -2.83. The highest BCUT2D eigenvalue weighted by molar-refractivity contribution is 5.89. The highest BCUT2D eigenvalue weighted by Gasteiger charge is 2.14. The van der Waals surface area contributed by atoms with Crippen molar-refractivity contribution in [2.24, 2.45) is 0 Å². The van der Waals surface area contributed by atoms with Gasteiger partial charge in [0.25, 0.3) is 0 Å². The van der Waals surface area contributed by atoms with E-state index in [4.69, 9.17) is 0 Å². The second-order valence-electron chi connectivity index (χ2n) is 8.13. The van der Waals surface area contributed by atoms with Gasteiger partial charge in [0.15, 0.2) is 5.82 Å². The Balaban J connectivity index is 1.40. The molecule has 1 saturated heterocycles. The molecule has 2 heterocycles. The van der Waals surface area contributed by atoms with Crippen LogP contribution < -0.4 is 20.9 Å². The summed E-state index contributed by atoms with van der Waals surface area (Å²) < 4.78 is 0. The molecule has 0 saturated carbocycles. The standard InChI is InChI=1S/C21H30N6O/c1-21(2,3)16-6-8-17(9-7-16)25-20(28)23-11-10-22-19-14-18(15-24-26-19)27-12-4-5-13-27/h6-9,14-15H,4-5,10-13H2,1-3H3,(H,22,26)(H2,23,25,28). The summed E-state index contributed by atoms with van der Waals surface area (Å²) in [5.41, 5.74) is 3.21. The van der Waals surface area contributed by atoms with E-state index in [1.165, 1.54) is 18.4 Å².